The van der Waals surface area contributed by atoms with Gasteiger partial charge in [0.2, 0.25) is 5.79 Å². The fourth-order valence-electron chi connectivity index (χ4n) is 9.79. The summed E-state index contributed by atoms with van der Waals surface area (Å²) >= 11 is 0. The van der Waals surface area contributed by atoms with E-state index in [0.717, 1.165) is 53.2 Å². The molecular weight excluding hydrogens is 755 g/mol. The molecule has 7 rings (SSSR count). The molecule has 0 aromatic heterocycles. The zero-order valence-electron chi connectivity index (χ0n) is 34.4. The fraction of sp³-hybridized carbons (Fsp3) is 0.380. The van der Waals surface area contributed by atoms with Gasteiger partial charge in [0.1, 0.15) is 31.3 Å². The molecule has 1 amide bonds. The van der Waals surface area contributed by atoms with Crippen molar-refractivity contribution in [2.45, 2.75) is 69.2 Å². The zero-order chi connectivity index (χ0) is 42.1. The van der Waals surface area contributed by atoms with E-state index in [-0.39, 0.29) is 56.4 Å². The highest BCUT2D eigenvalue weighted by atomic mass is 16.7. The molecule has 3 aliphatic rings. The number of oxime groups is 1. The van der Waals surface area contributed by atoms with Crippen LogP contribution in [0.3, 0.4) is 0 Å². The highest BCUT2D eigenvalue weighted by Gasteiger charge is 2.65. The third-order valence-electron chi connectivity index (χ3n) is 12.3. The van der Waals surface area contributed by atoms with Gasteiger partial charge in [0.25, 0.3) is 5.91 Å². The maximum Gasteiger partial charge on any atom is 0.254 e. The molecule has 60 heavy (non-hydrogen) atoms. The van der Waals surface area contributed by atoms with Crippen LogP contribution in [-0.2, 0) is 16.1 Å². The van der Waals surface area contributed by atoms with Crippen molar-refractivity contribution in [1.82, 2.24) is 4.90 Å². The number of benzene rings is 4. The Hall–Kier alpha value is -5.73. The van der Waals surface area contributed by atoms with Gasteiger partial charge in [-0.3, -0.25) is 4.79 Å². The monoisotopic (exact) mass is 809 g/mol. The van der Waals surface area contributed by atoms with Crippen molar-refractivity contribution in [3.05, 3.63) is 144 Å². The van der Waals surface area contributed by atoms with Crippen LogP contribution in [-0.4, -0.2) is 72.1 Å². The molecular formula is C50H55N3O7. The lowest BCUT2D eigenvalue weighted by atomic mass is 9.55. The number of hydrogen-bond acceptors (Lipinski definition) is 9. The first-order valence-corrected chi connectivity index (χ1v) is 21.0. The van der Waals surface area contributed by atoms with Crippen molar-refractivity contribution in [1.29, 1.82) is 5.26 Å². The maximum atomic E-state index is 15.4. The van der Waals surface area contributed by atoms with Gasteiger partial charge in [-0.1, -0.05) is 85.3 Å². The molecule has 0 spiro atoms. The number of allylic oxidation sites excluding steroid dienone is 1. The highest BCUT2D eigenvalue weighted by Crippen LogP contribution is 2.62. The minimum atomic E-state index is -1.44. The van der Waals surface area contributed by atoms with Crippen LogP contribution in [0, 0.1) is 29.1 Å². The Balaban J connectivity index is 1.49. The molecule has 6 atom stereocenters. The first-order valence-electron chi connectivity index (χ1n) is 21.0. The summed E-state index contributed by atoms with van der Waals surface area (Å²) in [6.45, 7) is 8.81. The first-order chi connectivity index (χ1) is 29.4. The molecule has 4 aromatic rings. The molecule has 1 saturated carbocycles. The smallest absolute Gasteiger partial charge is 0.254 e. The Morgan fingerprint density at radius 1 is 0.967 bits per heavy atom. The van der Waals surface area contributed by atoms with Crippen molar-refractivity contribution in [3.8, 4) is 17.6 Å². The van der Waals surface area contributed by atoms with Crippen molar-refractivity contribution >= 4 is 22.4 Å². The van der Waals surface area contributed by atoms with Gasteiger partial charge in [0.15, 0.2) is 0 Å². The molecule has 0 saturated heterocycles. The van der Waals surface area contributed by atoms with E-state index in [4.69, 9.17) is 24.2 Å². The summed E-state index contributed by atoms with van der Waals surface area (Å²) in [5.74, 6) is -0.866. The van der Waals surface area contributed by atoms with Crippen molar-refractivity contribution in [2.24, 2.45) is 22.9 Å². The van der Waals surface area contributed by atoms with Gasteiger partial charge in [0, 0.05) is 43.2 Å². The van der Waals surface area contributed by atoms with Gasteiger partial charge < -0.3 is 34.2 Å². The van der Waals surface area contributed by atoms with Gasteiger partial charge in [-0.15, -0.1) is 6.58 Å². The minimum absolute atomic E-state index is 0.0660. The van der Waals surface area contributed by atoms with Crippen LogP contribution in [0.5, 0.6) is 11.5 Å². The molecule has 312 valence electrons. The molecule has 0 bridgehead atoms. The van der Waals surface area contributed by atoms with E-state index in [2.05, 4.69) is 55.6 Å². The number of carbonyl (C=O) groups excluding carboxylic acids is 1. The Morgan fingerprint density at radius 3 is 2.45 bits per heavy atom. The Morgan fingerprint density at radius 2 is 1.72 bits per heavy atom. The number of rotatable bonds is 19. The molecule has 10 heteroatoms. The van der Waals surface area contributed by atoms with Gasteiger partial charge >= 0.3 is 0 Å². The highest BCUT2D eigenvalue weighted by molar-refractivity contribution is 6.03. The normalized spacial score (nSPS) is 23.3. The average Bonchev–Trinajstić information content (AvgIpc) is 3.28. The SMILES string of the molecule is C=CCOc1ccc2c(c1)[C@H]1[C@H](CCCCO)[C@@H](CCCCO)C=C3C(=NOC)C[C@H](N(Cc4cccc5ccccc45)C(=O)c4ccc(C#N)cc4)[C@@](OCC=C)(O2)[C@H]31. The summed E-state index contributed by atoms with van der Waals surface area (Å²) in [6, 6.07) is 28.3. The number of nitriles is 1. The number of nitrogens with zero attached hydrogens (tertiary/aromatic N) is 3. The summed E-state index contributed by atoms with van der Waals surface area (Å²) in [6.07, 6.45) is 10.6. The summed E-state index contributed by atoms with van der Waals surface area (Å²) in [7, 11) is 1.54. The Bertz CT molecular complexity index is 2260. The fourth-order valence-corrected chi connectivity index (χ4v) is 9.79. The second-order valence-corrected chi connectivity index (χ2v) is 15.8. The number of hydrogen-bond donors (Lipinski definition) is 2. The molecule has 2 aliphatic carbocycles. The quantitative estimate of drug-likeness (QED) is 0.0545. The van der Waals surface area contributed by atoms with E-state index in [9.17, 15) is 15.5 Å². The summed E-state index contributed by atoms with van der Waals surface area (Å²) < 4.78 is 20.7. The number of fused-ring (bicyclic) bond motifs is 3. The van der Waals surface area contributed by atoms with Crippen molar-refractivity contribution in [2.75, 3.05) is 33.5 Å². The Kier molecular flexibility index (Phi) is 13.8. The number of unbranched alkanes of at least 4 members (excludes halogenated alkanes) is 2. The van der Waals surface area contributed by atoms with Gasteiger partial charge in [-0.05, 0) is 102 Å². The van der Waals surface area contributed by atoms with Crippen LogP contribution in [0.4, 0.5) is 0 Å². The lowest BCUT2D eigenvalue weighted by Gasteiger charge is -2.60. The lowest BCUT2D eigenvalue weighted by Crippen LogP contribution is -2.70. The Labute approximate surface area is 353 Å². The third-order valence-corrected chi connectivity index (χ3v) is 12.3. The second-order valence-electron chi connectivity index (χ2n) is 15.8. The second kappa shape index (κ2) is 19.6. The minimum Gasteiger partial charge on any atom is -0.490 e. The molecule has 4 aromatic carbocycles. The van der Waals surface area contributed by atoms with Gasteiger partial charge in [-0.25, -0.2) is 0 Å². The maximum absolute atomic E-state index is 15.4. The lowest BCUT2D eigenvalue weighted by molar-refractivity contribution is -0.255. The molecule has 0 radical (unpaired) electrons. The number of carbonyl (C=O) groups is 1. The zero-order valence-corrected chi connectivity index (χ0v) is 34.4. The third kappa shape index (κ3) is 8.48. The molecule has 1 heterocycles. The van der Waals surface area contributed by atoms with Gasteiger partial charge in [-0.2, -0.15) is 5.26 Å². The van der Waals surface area contributed by atoms with Crippen LogP contribution < -0.4 is 9.47 Å². The summed E-state index contributed by atoms with van der Waals surface area (Å²) in [5.41, 5.74) is 4.46. The predicted molar refractivity (Wildman–Crippen MR) is 233 cm³/mol. The topological polar surface area (TPSA) is 134 Å². The van der Waals surface area contributed by atoms with Crippen LogP contribution in [0.1, 0.15) is 77.9 Å². The summed E-state index contributed by atoms with van der Waals surface area (Å²) in [5, 5.41) is 36.2. The molecule has 1 aliphatic heterocycles. The standard InChI is InChI=1S/C50H55N3O7/c1-4-27-58-39-23-24-45-43(30-39)47-41(18-9-11-26-55)37(14-8-10-25-54)29-42-44(52-57-3)31-46(50(60-45,48(42)47)59-28-5-2)53(49(56)36-21-19-34(32-51)20-22-36)33-38-16-12-15-35-13-6-7-17-40(35)38/h4-7,12-13,15-17,19-24,29-30,37,41,46-48,54-55H,1-2,8-11,14,18,25-28,31,33H2,3H3/t37-,41+,46-,47+,48+,50+/m0/s1. The number of aliphatic hydroxyl groups is 2. The van der Waals surface area contributed by atoms with Crippen molar-refractivity contribution in [3.63, 3.8) is 0 Å². The van der Waals surface area contributed by atoms with Gasteiger partial charge in [0.05, 0.1) is 29.9 Å². The van der Waals surface area contributed by atoms with E-state index < -0.39 is 17.7 Å². The number of amides is 1. The number of ether oxygens (including phenoxy) is 3. The van der Waals surface area contributed by atoms with E-state index in [1.165, 1.54) is 0 Å². The number of aliphatic hydroxyl groups excluding tert-OH is 2. The van der Waals surface area contributed by atoms with E-state index >= 15 is 4.79 Å². The van der Waals surface area contributed by atoms with Crippen LogP contribution in [0.15, 0.2) is 127 Å². The van der Waals surface area contributed by atoms with E-state index in [1.807, 2.05) is 35.2 Å². The molecule has 10 nitrogen and oxygen atoms in total. The predicted octanol–water partition coefficient (Wildman–Crippen LogP) is 8.88. The first kappa shape index (κ1) is 42.4. The van der Waals surface area contributed by atoms with Crippen LogP contribution >= 0.6 is 0 Å². The molecule has 0 unspecified atom stereocenters. The largest absolute Gasteiger partial charge is 0.490 e. The van der Waals surface area contributed by atoms with E-state index in [1.54, 1.807) is 43.5 Å². The average molecular weight is 810 g/mol. The van der Waals surface area contributed by atoms with Crippen LogP contribution in [0.2, 0.25) is 0 Å². The molecule has 2 N–H and O–H groups in total. The van der Waals surface area contributed by atoms with Crippen molar-refractivity contribution < 1.29 is 34.1 Å². The van der Waals surface area contributed by atoms with E-state index in [0.29, 0.717) is 47.8 Å². The molecule has 1 fully saturated rings. The summed E-state index contributed by atoms with van der Waals surface area (Å²) in [4.78, 5) is 22.9. The van der Waals surface area contributed by atoms with Crippen LogP contribution in [0.25, 0.3) is 10.8 Å².